The van der Waals surface area contributed by atoms with Crippen LogP contribution in [-0.4, -0.2) is 38.1 Å². The molecule has 7 heteroatoms. The molecular weight excluding hydrogens is 238 g/mol. The van der Waals surface area contributed by atoms with E-state index in [9.17, 15) is 17.2 Å². The lowest BCUT2D eigenvalue weighted by atomic mass is 9.85. The molecule has 2 unspecified atom stereocenters. The highest BCUT2D eigenvalue weighted by Crippen LogP contribution is 2.29. The maximum Gasteiger partial charge on any atom is 0.350 e. The second-order valence-electron chi connectivity index (χ2n) is 4.17. The number of hydrogen-bond acceptors (Lipinski definition) is 3. The Bertz CT molecular complexity index is 321. The van der Waals surface area contributed by atoms with Crippen LogP contribution in [0.1, 0.15) is 25.7 Å². The molecule has 0 radical (unpaired) electrons. The molecule has 4 nitrogen and oxygen atoms in total. The van der Waals surface area contributed by atoms with Crippen molar-refractivity contribution in [1.82, 2.24) is 4.31 Å². The molecule has 2 atom stereocenters. The van der Waals surface area contributed by atoms with Crippen LogP contribution < -0.4 is 5.73 Å². The molecule has 0 aromatic heterocycles. The Kier molecular flexibility index (Phi) is 4.63. The Morgan fingerprint density at radius 3 is 2.44 bits per heavy atom. The Morgan fingerprint density at radius 2 is 1.94 bits per heavy atom. The van der Waals surface area contributed by atoms with E-state index in [0.29, 0.717) is 13.0 Å². The van der Waals surface area contributed by atoms with Crippen LogP contribution in [0.5, 0.6) is 0 Å². The van der Waals surface area contributed by atoms with E-state index < -0.39 is 15.8 Å². The van der Waals surface area contributed by atoms with Crippen molar-refractivity contribution in [3.8, 4) is 0 Å². The summed E-state index contributed by atoms with van der Waals surface area (Å²) in [7, 11) is -3.25. The molecular formula is C9H18F2N2O2S. The van der Waals surface area contributed by atoms with Crippen LogP contribution in [0.25, 0.3) is 0 Å². The monoisotopic (exact) mass is 256 g/mol. The molecule has 1 aliphatic carbocycles. The SMILES string of the molecule is CN(C1CCCCC1CN)S(=O)(=O)C(F)F. The molecule has 96 valence electrons. The van der Waals surface area contributed by atoms with Crippen molar-refractivity contribution in [3.63, 3.8) is 0 Å². The Hall–Kier alpha value is -0.270. The first-order valence-electron chi connectivity index (χ1n) is 5.36. The number of hydrogen-bond donors (Lipinski definition) is 1. The highest BCUT2D eigenvalue weighted by molar-refractivity contribution is 7.89. The van der Waals surface area contributed by atoms with Crippen LogP contribution in [0.15, 0.2) is 0 Å². The first kappa shape index (κ1) is 13.8. The first-order chi connectivity index (χ1) is 7.41. The fourth-order valence-electron chi connectivity index (χ4n) is 2.26. The highest BCUT2D eigenvalue weighted by Gasteiger charge is 2.38. The fraction of sp³-hybridized carbons (Fsp3) is 1.00. The highest BCUT2D eigenvalue weighted by atomic mass is 32.2. The predicted octanol–water partition coefficient (Wildman–Crippen LogP) is 0.988. The van der Waals surface area contributed by atoms with Crippen molar-refractivity contribution in [1.29, 1.82) is 0 Å². The van der Waals surface area contributed by atoms with Gasteiger partial charge in [-0.25, -0.2) is 8.42 Å². The summed E-state index contributed by atoms with van der Waals surface area (Å²) in [6.45, 7) is 0.341. The summed E-state index contributed by atoms with van der Waals surface area (Å²) in [6, 6.07) is -0.377. The molecule has 0 saturated heterocycles. The van der Waals surface area contributed by atoms with E-state index >= 15 is 0 Å². The van der Waals surface area contributed by atoms with Crippen molar-refractivity contribution in [2.45, 2.75) is 37.5 Å². The predicted molar refractivity (Wildman–Crippen MR) is 57.5 cm³/mol. The van der Waals surface area contributed by atoms with Crippen molar-refractivity contribution >= 4 is 10.0 Å². The zero-order valence-corrected chi connectivity index (χ0v) is 10.1. The van der Waals surface area contributed by atoms with Gasteiger partial charge in [0.15, 0.2) is 0 Å². The fourth-order valence-corrected chi connectivity index (χ4v) is 3.16. The van der Waals surface area contributed by atoms with Crippen LogP contribution in [0.4, 0.5) is 8.78 Å². The first-order valence-corrected chi connectivity index (χ1v) is 6.86. The van der Waals surface area contributed by atoms with Gasteiger partial charge in [0.05, 0.1) is 0 Å². The lowest BCUT2D eigenvalue weighted by molar-refractivity contribution is 0.176. The minimum atomic E-state index is -4.48. The summed E-state index contributed by atoms with van der Waals surface area (Å²) >= 11 is 0. The van der Waals surface area contributed by atoms with E-state index in [1.807, 2.05) is 0 Å². The Balaban J connectivity index is 2.82. The van der Waals surface area contributed by atoms with Crippen molar-refractivity contribution < 1.29 is 17.2 Å². The normalized spacial score (nSPS) is 27.6. The summed E-state index contributed by atoms with van der Waals surface area (Å²) in [4.78, 5) is 0. The van der Waals surface area contributed by atoms with E-state index in [-0.39, 0.29) is 12.0 Å². The third-order valence-electron chi connectivity index (χ3n) is 3.27. The molecule has 1 aliphatic rings. The minimum Gasteiger partial charge on any atom is -0.330 e. The standard InChI is InChI=1S/C9H18F2N2O2S/c1-13(16(14,15)9(10)11)8-5-3-2-4-7(8)6-12/h7-9H,2-6,12H2,1H3. The van der Waals surface area contributed by atoms with E-state index in [0.717, 1.165) is 23.6 Å². The molecule has 0 aromatic rings. The largest absolute Gasteiger partial charge is 0.350 e. The Morgan fingerprint density at radius 1 is 1.38 bits per heavy atom. The zero-order chi connectivity index (χ0) is 12.3. The summed E-state index contributed by atoms with van der Waals surface area (Å²) in [6.07, 6.45) is 3.28. The van der Waals surface area contributed by atoms with Gasteiger partial charge in [-0.1, -0.05) is 12.8 Å². The summed E-state index contributed by atoms with van der Waals surface area (Å²) in [5.74, 6) is -3.36. The second kappa shape index (κ2) is 5.37. The van der Waals surface area contributed by atoms with E-state index in [1.54, 1.807) is 0 Å². The molecule has 1 fully saturated rings. The molecule has 0 heterocycles. The number of sulfonamides is 1. The van der Waals surface area contributed by atoms with Crippen molar-refractivity contribution in [2.75, 3.05) is 13.6 Å². The minimum absolute atomic E-state index is 0.00715. The molecule has 0 amide bonds. The maximum atomic E-state index is 12.4. The summed E-state index contributed by atoms with van der Waals surface area (Å²) in [5.41, 5.74) is 5.54. The van der Waals surface area contributed by atoms with E-state index in [1.165, 1.54) is 7.05 Å². The topological polar surface area (TPSA) is 63.4 Å². The van der Waals surface area contributed by atoms with Crippen LogP contribution >= 0.6 is 0 Å². The van der Waals surface area contributed by atoms with Gasteiger partial charge in [-0.05, 0) is 25.3 Å². The molecule has 0 bridgehead atoms. The third kappa shape index (κ3) is 2.70. The number of nitrogens with zero attached hydrogens (tertiary/aromatic N) is 1. The van der Waals surface area contributed by atoms with Gasteiger partial charge < -0.3 is 5.73 Å². The number of rotatable bonds is 4. The molecule has 0 spiro atoms. The smallest absolute Gasteiger partial charge is 0.330 e. The van der Waals surface area contributed by atoms with Gasteiger partial charge in [0.1, 0.15) is 0 Å². The molecule has 2 N–H and O–H groups in total. The molecule has 1 rings (SSSR count). The Labute approximate surface area is 94.8 Å². The third-order valence-corrected chi connectivity index (χ3v) is 4.79. The lowest BCUT2D eigenvalue weighted by Crippen LogP contribution is -2.47. The molecule has 0 aliphatic heterocycles. The average molecular weight is 256 g/mol. The molecule has 16 heavy (non-hydrogen) atoms. The van der Waals surface area contributed by atoms with Gasteiger partial charge in [-0.2, -0.15) is 13.1 Å². The van der Waals surface area contributed by atoms with Crippen molar-refractivity contribution in [3.05, 3.63) is 0 Å². The quantitative estimate of drug-likeness (QED) is 0.815. The molecule has 1 saturated carbocycles. The summed E-state index contributed by atoms with van der Waals surface area (Å²) in [5, 5.41) is 0. The zero-order valence-electron chi connectivity index (χ0n) is 9.27. The van der Waals surface area contributed by atoms with Crippen LogP contribution in [0.2, 0.25) is 0 Å². The van der Waals surface area contributed by atoms with E-state index in [4.69, 9.17) is 5.73 Å². The van der Waals surface area contributed by atoms with Gasteiger partial charge in [-0.15, -0.1) is 0 Å². The lowest BCUT2D eigenvalue weighted by Gasteiger charge is -2.36. The average Bonchev–Trinajstić information content (AvgIpc) is 2.27. The second-order valence-corrected chi connectivity index (χ2v) is 6.13. The van der Waals surface area contributed by atoms with Gasteiger partial charge in [-0.3, -0.25) is 0 Å². The van der Waals surface area contributed by atoms with Gasteiger partial charge in [0.25, 0.3) is 10.0 Å². The van der Waals surface area contributed by atoms with Gasteiger partial charge in [0, 0.05) is 13.1 Å². The molecule has 0 aromatic carbocycles. The maximum absolute atomic E-state index is 12.4. The van der Waals surface area contributed by atoms with Gasteiger partial charge >= 0.3 is 5.76 Å². The summed E-state index contributed by atoms with van der Waals surface area (Å²) < 4.78 is 48.2. The van der Waals surface area contributed by atoms with E-state index in [2.05, 4.69) is 0 Å². The number of nitrogens with two attached hydrogens (primary N) is 1. The van der Waals surface area contributed by atoms with Crippen LogP contribution in [0.3, 0.4) is 0 Å². The van der Waals surface area contributed by atoms with Crippen LogP contribution in [-0.2, 0) is 10.0 Å². The van der Waals surface area contributed by atoms with Gasteiger partial charge in [0.2, 0.25) is 0 Å². The number of halogens is 2. The van der Waals surface area contributed by atoms with Crippen LogP contribution in [0, 0.1) is 5.92 Å². The number of alkyl halides is 2. The van der Waals surface area contributed by atoms with Crippen molar-refractivity contribution in [2.24, 2.45) is 11.7 Å².